The van der Waals surface area contributed by atoms with Crippen molar-refractivity contribution in [2.45, 2.75) is 25.5 Å². The topological polar surface area (TPSA) is 69.6 Å². The van der Waals surface area contributed by atoms with Crippen LogP contribution < -0.4 is 4.72 Å². The highest BCUT2D eigenvalue weighted by Gasteiger charge is 2.30. The minimum atomic E-state index is -3.54. The third-order valence-electron chi connectivity index (χ3n) is 3.30. The molecule has 0 amide bonds. The van der Waals surface area contributed by atoms with Crippen LogP contribution in [0.2, 0.25) is 0 Å². The van der Waals surface area contributed by atoms with Crippen LogP contribution in [0.4, 0.5) is 0 Å². The molecule has 1 aliphatic carbocycles. The van der Waals surface area contributed by atoms with Crippen LogP contribution in [0.3, 0.4) is 0 Å². The zero-order valence-electron chi connectivity index (χ0n) is 11.0. The van der Waals surface area contributed by atoms with E-state index in [2.05, 4.69) is 4.72 Å². The van der Waals surface area contributed by atoms with Gasteiger partial charge in [0.25, 0.3) is 10.2 Å². The van der Waals surface area contributed by atoms with E-state index in [-0.39, 0.29) is 12.5 Å². The van der Waals surface area contributed by atoms with Gasteiger partial charge in [0.1, 0.15) is 0 Å². The van der Waals surface area contributed by atoms with Gasteiger partial charge in [0, 0.05) is 20.1 Å². The van der Waals surface area contributed by atoms with E-state index >= 15 is 0 Å². The Bertz CT molecular complexity index is 500. The molecule has 19 heavy (non-hydrogen) atoms. The molecule has 0 spiro atoms. The fourth-order valence-corrected chi connectivity index (χ4v) is 2.79. The van der Waals surface area contributed by atoms with Gasteiger partial charge in [-0.1, -0.05) is 30.3 Å². The van der Waals surface area contributed by atoms with E-state index < -0.39 is 16.3 Å². The molecular weight excluding hydrogens is 264 g/mol. The Labute approximate surface area is 114 Å². The predicted molar refractivity (Wildman–Crippen MR) is 73.6 cm³/mol. The van der Waals surface area contributed by atoms with Crippen molar-refractivity contribution in [2.24, 2.45) is 5.92 Å². The quantitative estimate of drug-likeness (QED) is 0.775. The van der Waals surface area contributed by atoms with E-state index in [1.165, 1.54) is 11.4 Å². The summed E-state index contributed by atoms with van der Waals surface area (Å²) in [7, 11) is -2.01. The highest BCUT2D eigenvalue weighted by atomic mass is 32.2. The summed E-state index contributed by atoms with van der Waals surface area (Å²) in [5, 5.41) is 9.68. The molecule has 0 saturated heterocycles. The van der Waals surface area contributed by atoms with Crippen molar-refractivity contribution in [3.8, 4) is 0 Å². The average molecular weight is 284 g/mol. The van der Waals surface area contributed by atoms with E-state index in [0.717, 1.165) is 18.4 Å². The highest BCUT2D eigenvalue weighted by Crippen LogP contribution is 2.32. The summed E-state index contributed by atoms with van der Waals surface area (Å²) in [4.78, 5) is 0. The molecule has 1 aromatic rings. The van der Waals surface area contributed by atoms with Gasteiger partial charge in [0.2, 0.25) is 0 Å². The number of aliphatic hydroxyl groups is 1. The second kappa shape index (κ2) is 6.00. The van der Waals surface area contributed by atoms with Gasteiger partial charge in [-0.3, -0.25) is 0 Å². The highest BCUT2D eigenvalue weighted by molar-refractivity contribution is 7.87. The van der Waals surface area contributed by atoms with Crippen LogP contribution in [0.25, 0.3) is 0 Å². The van der Waals surface area contributed by atoms with Crippen molar-refractivity contribution in [3.63, 3.8) is 0 Å². The molecule has 1 aromatic carbocycles. The second-order valence-electron chi connectivity index (χ2n) is 5.00. The molecule has 1 aliphatic rings. The third-order valence-corrected chi connectivity index (χ3v) is 4.78. The number of rotatable bonds is 7. The molecule has 1 unspecified atom stereocenters. The summed E-state index contributed by atoms with van der Waals surface area (Å²) >= 11 is 0. The van der Waals surface area contributed by atoms with Gasteiger partial charge in [-0.05, 0) is 24.3 Å². The molecule has 2 N–H and O–H groups in total. The maximum absolute atomic E-state index is 12.0. The van der Waals surface area contributed by atoms with Crippen molar-refractivity contribution < 1.29 is 13.5 Å². The summed E-state index contributed by atoms with van der Waals surface area (Å²) in [6.07, 6.45) is 1.41. The van der Waals surface area contributed by atoms with Gasteiger partial charge in [-0.15, -0.1) is 0 Å². The van der Waals surface area contributed by atoms with Crippen molar-refractivity contribution in [3.05, 3.63) is 35.9 Å². The lowest BCUT2D eigenvalue weighted by Gasteiger charge is -2.19. The largest absolute Gasteiger partial charge is 0.391 e. The first-order chi connectivity index (χ1) is 8.99. The van der Waals surface area contributed by atoms with Crippen molar-refractivity contribution in [1.29, 1.82) is 0 Å². The van der Waals surface area contributed by atoms with E-state index in [0.29, 0.717) is 6.54 Å². The maximum Gasteiger partial charge on any atom is 0.279 e. The van der Waals surface area contributed by atoms with Gasteiger partial charge >= 0.3 is 0 Å². The number of nitrogens with zero attached hydrogens (tertiary/aromatic N) is 1. The fraction of sp³-hybridized carbons (Fsp3) is 0.538. The normalized spacial score (nSPS) is 17.6. The van der Waals surface area contributed by atoms with E-state index in [4.69, 9.17) is 0 Å². The molecule has 0 radical (unpaired) electrons. The van der Waals surface area contributed by atoms with Gasteiger partial charge in [-0.25, -0.2) is 0 Å². The fourth-order valence-electron chi connectivity index (χ4n) is 1.87. The molecular formula is C13H20N2O3S. The van der Waals surface area contributed by atoms with Crippen LogP contribution >= 0.6 is 0 Å². The van der Waals surface area contributed by atoms with Gasteiger partial charge in [0.15, 0.2) is 0 Å². The van der Waals surface area contributed by atoms with Crippen LogP contribution in [0, 0.1) is 5.92 Å². The molecule has 5 nitrogen and oxygen atoms in total. The Balaban J connectivity index is 1.87. The summed E-state index contributed by atoms with van der Waals surface area (Å²) in [6.45, 7) is 0.405. The molecule has 106 valence electrons. The summed E-state index contributed by atoms with van der Waals surface area (Å²) in [5.41, 5.74) is 0.929. The second-order valence-corrected chi connectivity index (χ2v) is 6.86. The summed E-state index contributed by atoms with van der Waals surface area (Å²) < 4.78 is 27.7. The number of nitrogens with one attached hydrogen (secondary N) is 1. The molecule has 2 rings (SSSR count). The van der Waals surface area contributed by atoms with Crippen LogP contribution in [-0.4, -0.2) is 37.5 Å². The molecule has 1 atom stereocenters. The van der Waals surface area contributed by atoms with E-state index in [1.807, 2.05) is 30.3 Å². The lowest BCUT2D eigenvalue weighted by molar-refractivity contribution is 0.154. The smallest absolute Gasteiger partial charge is 0.279 e. The minimum absolute atomic E-state index is 0.0894. The van der Waals surface area contributed by atoms with Gasteiger partial charge in [-0.2, -0.15) is 17.4 Å². The van der Waals surface area contributed by atoms with Crippen molar-refractivity contribution >= 4 is 10.2 Å². The maximum atomic E-state index is 12.0. The van der Waals surface area contributed by atoms with Crippen molar-refractivity contribution in [1.82, 2.24) is 9.03 Å². The van der Waals surface area contributed by atoms with Crippen LogP contribution in [0.15, 0.2) is 30.3 Å². The Hall–Kier alpha value is -0.950. The van der Waals surface area contributed by atoms with Gasteiger partial charge in [0.05, 0.1) is 6.10 Å². The standard InChI is InChI=1S/C13H20N2O3S/c1-15(10-11-5-3-2-4-6-11)19(17,18)14-9-13(16)12-7-8-12/h2-6,12-14,16H,7-10H2,1H3. The lowest BCUT2D eigenvalue weighted by Crippen LogP contribution is -2.41. The Morgan fingerprint density at radius 2 is 2.00 bits per heavy atom. The van der Waals surface area contributed by atoms with Crippen LogP contribution in [0.5, 0.6) is 0 Å². The third kappa shape index (κ3) is 4.28. The number of hydrogen-bond acceptors (Lipinski definition) is 3. The SMILES string of the molecule is CN(Cc1ccccc1)S(=O)(=O)NCC(O)C1CC1. The van der Waals surface area contributed by atoms with Crippen molar-refractivity contribution in [2.75, 3.05) is 13.6 Å². The molecule has 1 fully saturated rings. The van der Waals surface area contributed by atoms with E-state index in [9.17, 15) is 13.5 Å². The monoisotopic (exact) mass is 284 g/mol. The molecule has 0 aromatic heterocycles. The van der Waals surface area contributed by atoms with Crippen LogP contribution in [0.1, 0.15) is 18.4 Å². The Morgan fingerprint density at radius 1 is 1.37 bits per heavy atom. The molecule has 6 heteroatoms. The zero-order valence-corrected chi connectivity index (χ0v) is 11.8. The first-order valence-electron chi connectivity index (χ1n) is 6.42. The minimum Gasteiger partial charge on any atom is -0.391 e. The van der Waals surface area contributed by atoms with Crippen LogP contribution in [-0.2, 0) is 16.8 Å². The summed E-state index contributed by atoms with van der Waals surface area (Å²) in [5.74, 6) is 0.266. The average Bonchev–Trinajstić information content (AvgIpc) is 3.21. The predicted octanol–water partition coefficient (Wildman–Crippen LogP) is 0.724. The first-order valence-corrected chi connectivity index (χ1v) is 7.86. The molecule has 0 bridgehead atoms. The number of aliphatic hydroxyl groups excluding tert-OH is 1. The number of benzene rings is 1. The Morgan fingerprint density at radius 3 is 2.58 bits per heavy atom. The number of hydrogen-bond donors (Lipinski definition) is 2. The molecule has 0 heterocycles. The first kappa shape index (κ1) is 14.5. The summed E-state index contributed by atoms with van der Waals surface area (Å²) in [6, 6.07) is 9.40. The Kier molecular flexibility index (Phi) is 4.57. The zero-order chi connectivity index (χ0) is 13.9. The molecule has 1 saturated carbocycles. The molecule has 0 aliphatic heterocycles. The van der Waals surface area contributed by atoms with Gasteiger partial charge < -0.3 is 5.11 Å². The van der Waals surface area contributed by atoms with E-state index in [1.54, 1.807) is 0 Å². The lowest BCUT2D eigenvalue weighted by atomic mass is 10.2.